The first-order valence-corrected chi connectivity index (χ1v) is 14.2. The third-order valence-corrected chi connectivity index (χ3v) is 7.64. The number of hydrogen-bond acceptors (Lipinski definition) is 5. The largest absolute Gasteiger partial charge is 0.311 e. The topological polar surface area (TPSA) is 79.3 Å². The molecule has 0 bridgehead atoms. The van der Waals surface area contributed by atoms with E-state index in [9.17, 15) is 8.42 Å². The zero-order chi connectivity index (χ0) is 26.3. The van der Waals surface area contributed by atoms with Crippen LogP contribution >= 0.6 is 0 Å². The lowest BCUT2D eigenvalue weighted by Crippen LogP contribution is -2.29. The summed E-state index contributed by atoms with van der Waals surface area (Å²) in [4.78, 5) is 2.56. The first-order chi connectivity index (χ1) is 17.1. The van der Waals surface area contributed by atoms with Crippen LogP contribution in [0.25, 0.3) is 11.1 Å². The molecule has 3 aromatic rings. The Kier molecular flexibility index (Phi) is 9.70. The molecule has 2 aromatic carbocycles. The lowest BCUT2D eigenvalue weighted by Gasteiger charge is -2.15. The van der Waals surface area contributed by atoms with Gasteiger partial charge in [0.1, 0.15) is 0 Å². The van der Waals surface area contributed by atoms with Crippen LogP contribution in [0.4, 0.5) is 5.69 Å². The number of aryl methyl sites for hydroxylation is 1. The molecule has 2 N–H and O–H groups in total. The maximum Gasteiger partial charge on any atom is 0.262 e. The van der Waals surface area contributed by atoms with Crippen molar-refractivity contribution >= 4 is 15.7 Å². The molecule has 1 heterocycles. The number of nitrogens with zero attached hydrogens (tertiary/aromatic N) is 3. The average Bonchev–Trinajstić information content (AvgIpc) is 3.09. The van der Waals surface area contributed by atoms with E-state index in [0.29, 0.717) is 18.0 Å². The molecule has 0 aliphatic rings. The summed E-state index contributed by atoms with van der Waals surface area (Å²) in [5, 5.41) is 8.02. The van der Waals surface area contributed by atoms with Gasteiger partial charge in [-0.3, -0.25) is 9.40 Å². The highest BCUT2D eigenvalue weighted by atomic mass is 32.2. The zero-order valence-electron chi connectivity index (χ0n) is 22.5. The van der Waals surface area contributed by atoms with E-state index in [4.69, 9.17) is 0 Å². The van der Waals surface area contributed by atoms with Crippen molar-refractivity contribution in [3.63, 3.8) is 0 Å². The van der Waals surface area contributed by atoms with Crippen molar-refractivity contribution < 1.29 is 8.42 Å². The molecular weight excluding hydrogens is 470 g/mol. The molecule has 0 aliphatic heterocycles. The van der Waals surface area contributed by atoms with Crippen molar-refractivity contribution in [2.45, 2.75) is 52.0 Å². The standard InChI is InChI=1S/C28H41N5O2S/c1-7-16-32(5)17-15-29-20-23-9-8-10-25(19-23)24-11-13-26(14-12-24)36(34,35)31-28-22(4)33(6)30-27(28)18-21(2)3/h8-14,19,21,29,31H,7,15-18,20H2,1-6H3. The van der Waals surface area contributed by atoms with Crippen molar-refractivity contribution in [1.29, 1.82) is 0 Å². The summed E-state index contributed by atoms with van der Waals surface area (Å²) in [7, 11) is 0.249. The van der Waals surface area contributed by atoms with E-state index in [1.807, 2.05) is 32.2 Å². The molecule has 7 nitrogen and oxygen atoms in total. The highest BCUT2D eigenvalue weighted by Gasteiger charge is 2.21. The number of rotatable bonds is 13. The van der Waals surface area contributed by atoms with Gasteiger partial charge in [0.15, 0.2) is 0 Å². The molecule has 0 aliphatic carbocycles. The summed E-state index contributed by atoms with van der Waals surface area (Å²) in [5.41, 5.74) is 5.40. The second kappa shape index (κ2) is 12.5. The summed E-state index contributed by atoms with van der Waals surface area (Å²) < 4.78 is 30.9. The number of likely N-dealkylation sites (N-methyl/N-ethyl adjacent to an activating group) is 1. The molecule has 0 saturated heterocycles. The summed E-state index contributed by atoms with van der Waals surface area (Å²) in [5.74, 6) is 0.371. The predicted molar refractivity (Wildman–Crippen MR) is 149 cm³/mol. The van der Waals surface area contributed by atoms with Crippen LogP contribution in [0.3, 0.4) is 0 Å². The lowest BCUT2D eigenvalue weighted by molar-refractivity contribution is 0.332. The molecular formula is C28H41N5O2S. The van der Waals surface area contributed by atoms with Crippen molar-refractivity contribution in [3.05, 3.63) is 65.5 Å². The van der Waals surface area contributed by atoms with Gasteiger partial charge in [0.05, 0.1) is 22.0 Å². The van der Waals surface area contributed by atoms with Crippen LogP contribution in [0.5, 0.6) is 0 Å². The third-order valence-electron chi connectivity index (χ3n) is 6.27. The van der Waals surface area contributed by atoms with Gasteiger partial charge in [-0.05, 0) is 74.2 Å². The maximum absolute atomic E-state index is 13.2. The van der Waals surface area contributed by atoms with E-state index in [1.165, 1.54) is 5.56 Å². The molecule has 8 heteroatoms. The van der Waals surface area contributed by atoms with Gasteiger partial charge in [-0.25, -0.2) is 8.42 Å². The van der Waals surface area contributed by atoms with Gasteiger partial charge in [-0.15, -0.1) is 0 Å². The van der Waals surface area contributed by atoms with Crippen LogP contribution < -0.4 is 10.0 Å². The molecule has 0 amide bonds. The number of nitrogens with one attached hydrogen (secondary N) is 2. The van der Waals surface area contributed by atoms with E-state index < -0.39 is 10.0 Å². The molecule has 36 heavy (non-hydrogen) atoms. The summed E-state index contributed by atoms with van der Waals surface area (Å²) >= 11 is 0. The van der Waals surface area contributed by atoms with Crippen LogP contribution in [0.2, 0.25) is 0 Å². The Morgan fingerprint density at radius 2 is 1.78 bits per heavy atom. The minimum absolute atomic E-state index is 0.235. The highest BCUT2D eigenvalue weighted by Crippen LogP contribution is 2.27. The van der Waals surface area contributed by atoms with Crippen molar-refractivity contribution in [2.75, 3.05) is 31.4 Å². The Bertz CT molecular complexity index is 1230. The van der Waals surface area contributed by atoms with Crippen LogP contribution in [0.1, 0.15) is 44.1 Å². The molecule has 0 fully saturated rings. The molecule has 0 atom stereocenters. The van der Waals surface area contributed by atoms with E-state index in [2.05, 4.69) is 66.1 Å². The second-order valence-corrected chi connectivity index (χ2v) is 11.6. The molecule has 196 valence electrons. The van der Waals surface area contributed by atoms with E-state index in [-0.39, 0.29) is 4.90 Å². The minimum atomic E-state index is -3.73. The van der Waals surface area contributed by atoms with Gasteiger partial charge in [0.2, 0.25) is 0 Å². The molecule has 0 unspecified atom stereocenters. The normalized spacial score (nSPS) is 12.0. The first-order valence-electron chi connectivity index (χ1n) is 12.7. The van der Waals surface area contributed by atoms with E-state index >= 15 is 0 Å². The van der Waals surface area contributed by atoms with Crippen LogP contribution in [0, 0.1) is 12.8 Å². The fraction of sp³-hybridized carbons (Fsp3) is 0.464. The lowest BCUT2D eigenvalue weighted by atomic mass is 10.0. The summed E-state index contributed by atoms with van der Waals surface area (Å²) in [6.07, 6.45) is 1.87. The van der Waals surface area contributed by atoms with Gasteiger partial charge >= 0.3 is 0 Å². The van der Waals surface area contributed by atoms with Crippen LogP contribution in [-0.2, 0) is 30.0 Å². The Morgan fingerprint density at radius 3 is 2.44 bits per heavy atom. The fourth-order valence-corrected chi connectivity index (χ4v) is 5.36. The molecule has 0 radical (unpaired) electrons. The third kappa shape index (κ3) is 7.41. The summed E-state index contributed by atoms with van der Waals surface area (Å²) in [6.45, 7) is 12.1. The van der Waals surface area contributed by atoms with Crippen LogP contribution in [0.15, 0.2) is 53.4 Å². The molecule has 3 rings (SSSR count). The van der Waals surface area contributed by atoms with Crippen LogP contribution in [-0.4, -0.2) is 49.8 Å². The number of anilines is 1. The average molecular weight is 512 g/mol. The Hall–Kier alpha value is -2.68. The van der Waals surface area contributed by atoms with Gasteiger partial charge in [0, 0.05) is 26.7 Å². The van der Waals surface area contributed by atoms with Gasteiger partial charge < -0.3 is 10.2 Å². The Balaban J connectivity index is 1.69. The second-order valence-electron chi connectivity index (χ2n) is 9.94. The van der Waals surface area contributed by atoms with E-state index in [0.717, 1.165) is 55.1 Å². The summed E-state index contributed by atoms with van der Waals surface area (Å²) in [6, 6.07) is 15.4. The monoisotopic (exact) mass is 511 g/mol. The molecule has 0 spiro atoms. The number of sulfonamides is 1. The Labute approximate surface area is 217 Å². The first kappa shape index (κ1) is 27.9. The van der Waals surface area contributed by atoms with Gasteiger partial charge in [0.25, 0.3) is 10.0 Å². The Morgan fingerprint density at radius 1 is 1.06 bits per heavy atom. The minimum Gasteiger partial charge on any atom is -0.311 e. The zero-order valence-corrected chi connectivity index (χ0v) is 23.3. The number of hydrogen-bond donors (Lipinski definition) is 2. The van der Waals surface area contributed by atoms with Crippen molar-refractivity contribution in [2.24, 2.45) is 13.0 Å². The quantitative estimate of drug-likeness (QED) is 0.322. The SMILES string of the molecule is CCCN(C)CCNCc1cccc(-c2ccc(S(=O)(=O)Nc3c(CC(C)C)nn(C)c3C)cc2)c1. The molecule has 1 aromatic heterocycles. The fourth-order valence-electron chi connectivity index (χ4n) is 4.22. The van der Waals surface area contributed by atoms with E-state index in [1.54, 1.807) is 16.8 Å². The molecule has 0 saturated carbocycles. The van der Waals surface area contributed by atoms with Crippen molar-refractivity contribution in [3.8, 4) is 11.1 Å². The van der Waals surface area contributed by atoms with Gasteiger partial charge in [-0.1, -0.05) is 51.1 Å². The van der Waals surface area contributed by atoms with Crippen molar-refractivity contribution in [1.82, 2.24) is 20.0 Å². The van der Waals surface area contributed by atoms with Gasteiger partial charge in [-0.2, -0.15) is 5.10 Å². The number of aromatic nitrogens is 2. The predicted octanol–water partition coefficient (Wildman–Crippen LogP) is 4.83. The number of benzene rings is 2. The maximum atomic E-state index is 13.2. The highest BCUT2D eigenvalue weighted by molar-refractivity contribution is 7.92. The smallest absolute Gasteiger partial charge is 0.262 e.